The zero-order valence-corrected chi connectivity index (χ0v) is 14.4. The summed E-state index contributed by atoms with van der Waals surface area (Å²) in [5.74, 6) is 0. The Bertz CT molecular complexity index is 985. The van der Waals surface area contributed by atoms with E-state index in [9.17, 15) is 0 Å². The zero-order chi connectivity index (χ0) is 13.9. The zero-order valence-electron chi connectivity index (χ0n) is 12.3. The summed E-state index contributed by atoms with van der Waals surface area (Å²) >= 11 is 0. The molecule has 2 aromatic heterocycles. The number of aryl methyl sites for hydroxylation is 3. The lowest BCUT2D eigenvalue weighted by Crippen LogP contribution is -3.00. The molecule has 0 fully saturated rings. The molecule has 0 saturated carbocycles. The number of para-hydroxylation sites is 1. The summed E-state index contributed by atoms with van der Waals surface area (Å²) in [5.41, 5.74) is 4.50. The molecule has 0 atom stereocenters. The Balaban J connectivity index is 0.00000132. The molecule has 0 unspecified atom stereocenters. The molecule has 0 saturated heterocycles. The quantitative estimate of drug-likeness (QED) is 0.326. The summed E-state index contributed by atoms with van der Waals surface area (Å²) in [5, 5.41) is 5.02. The van der Waals surface area contributed by atoms with E-state index in [-0.39, 0.29) is 24.0 Å². The monoisotopic (exact) mass is 389 g/mol. The van der Waals surface area contributed by atoms with E-state index in [1.165, 1.54) is 32.7 Å². The van der Waals surface area contributed by atoms with Gasteiger partial charge in [-0.05, 0) is 25.5 Å². The van der Waals surface area contributed by atoms with E-state index in [0.717, 1.165) is 11.2 Å². The highest BCUT2D eigenvalue weighted by Gasteiger charge is 2.16. The maximum Gasteiger partial charge on any atom is 0.176 e. The molecular weight excluding hydrogens is 373 g/mol. The first-order chi connectivity index (χ1) is 9.66. The molecule has 21 heavy (non-hydrogen) atoms. The standard InChI is InChI=1S/C18H16NO.HI/c1-11-15-10-19(3)9-8-13(15)12(2)18-17(11)14-6-4-5-7-16(14)20-18;/h4-10H,1-3H3;1H/q+1;/p-1. The molecule has 4 aromatic rings. The number of aromatic nitrogens is 1. The van der Waals surface area contributed by atoms with E-state index in [2.05, 4.69) is 56.1 Å². The fourth-order valence-electron chi connectivity index (χ4n) is 3.16. The molecule has 0 bridgehead atoms. The lowest BCUT2D eigenvalue weighted by atomic mass is 9.97. The third kappa shape index (κ3) is 1.94. The van der Waals surface area contributed by atoms with Crippen molar-refractivity contribution in [2.75, 3.05) is 0 Å². The van der Waals surface area contributed by atoms with Crippen LogP contribution in [0.1, 0.15) is 11.1 Å². The van der Waals surface area contributed by atoms with Gasteiger partial charge < -0.3 is 28.4 Å². The fourth-order valence-corrected chi connectivity index (χ4v) is 3.16. The number of pyridine rings is 1. The van der Waals surface area contributed by atoms with Crippen LogP contribution in [-0.2, 0) is 7.05 Å². The predicted octanol–water partition coefficient (Wildman–Crippen LogP) is 1.18. The number of hydrogen-bond donors (Lipinski definition) is 0. The minimum atomic E-state index is 0. The topological polar surface area (TPSA) is 17.0 Å². The smallest absolute Gasteiger partial charge is 0.176 e. The second kappa shape index (κ2) is 4.98. The average molecular weight is 389 g/mol. The third-order valence-corrected chi connectivity index (χ3v) is 4.22. The number of benzene rings is 2. The van der Waals surface area contributed by atoms with Crippen molar-refractivity contribution < 1.29 is 33.0 Å². The largest absolute Gasteiger partial charge is 1.00 e. The van der Waals surface area contributed by atoms with Crippen LogP contribution in [0, 0.1) is 13.8 Å². The Morgan fingerprint density at radius 1 is 0.905 bits per heavy atom. The van der Waals surface area contributed by atoms with Crippen molar-refractivity contribution in [3.63, 3.8) is 0 Å². The van der Waals surface area contributed by atoms with Crippen molar-refractivity contribution in [3.05, 3.63) is 53.9 Å². The van der Waals surface area contributed by atoms with E-state index in [0.29, 0.717) is 0 Å². The first-order valence-corrected chi connectivity index (χ1v) is 6.86. The minimum Gasteiger partial charge on any atom is -1.00 e. The molecule has 4 rings (SSSR count). The van der Waals surface area contributed by atoms with E-state index < -0.39 is 0 Å². The lowest BCUT2D eigenvalue weighted by Gasteiger charge is -2.06. The maximum absolute atomic E-state index is 6.10. The van der Waals surface area contributed by atoms with Gasteiger partial charge in [0.15, 0.2) is 12.4 Å². The van der Waals surface area contributed by atoms with Crippen LogP contribution in [-0.4, -0.2) is 0 Å². The summed E-state index contributed by atoms with van der Waals surface area (Å²) in [6.45, 7) is 4.33. The van der Waals surface area contributed by atoms with Crippen molar-refractivity contribution in [1.29, 1.82) is 0 Å². The van der Waals surface area contributed by atoms with Crippen LogP contribution in [0.2, 0.25) is 0 Å². The van der Waals surface area contributed by atoms with Crippen molar-refractivity contribution in [2.24, 2.45) is 7.05 Å². The number of rotatable bonds is 0. The number of hydrogen-bond acceptors (Lipinski definition) is 1. The van der Waals surface area contributed by atoms with Gasteiger partial charge in [0.05, 0.1) is 0 Å². The van der Waals surface area contributed by atoms with Gasteiger partial charge in [-0.15, -0.1) is 0 Å². The molecule has 2 heterocycles. The molecule has 0 spiro atoms. The highest BCUT2D eigenvalue weighted by molar-refractivity contribution is 6.14. The molecule has 3 heteroatoms. The number of furan rings is 1. The van der Waals surface area contributed by atoms with Crippen LogP contribution in [0.15, 0.2) is 47.1 Å². The molecule has 0 amide bonds. The maximum atomic E-state index is 6.10. The Kier molecular flexibility index (Phi) is 3.40. The summed E-state index contributed by atoms with van der Waals surface area (Å²) in [4.78, 5) is 0. The van der Waals surface area contributed by atoms with Gasteiger partial charge in [-0.1, -0.05) is 18.2 Å². The van der Waals surface area contributed by atoms with Gasteiger partial charge in [-0.25, -0.2) is 4.57 Å². The summed E-state index contributed by atoms with van der Waals surface area (Å²) in [7, 11) is 2.06. The molecular formula is C18H16INO. The first kappa shape index (κ1) is 14.3. The second-order valence-corrected chi connectivity index (χ2v) is 5.49. The van der Waals surface area contributed by atoms with Crippen LogP contribution in [0.25, 0.3) is 32.7 Å². The summed E-state index contributed by atoms with van der Waals surface area (Å²) in [6.07, 6.45) is 4.28. The second-order valence-electron chi connectivity index (χ2n) is 5.49. The van der Waals surface area contributed by atoms with Crippen LogP contribution < -0.4 is 28.5 Å². The number of nitrogens with zero attached hydrogens (tertiary/aromatic N) is 1. The Morgan fingerprint density at radius 2 is 1.67 bits per heavy atom. The van der Waals surface area contributed by atoms with Crippen LogP contribution in [0.3, 0.4) is 0 Å². The van der Waals surface area contributed by atoms with Gasteiger partial charge in [0, 0.05) is 33.2 Å². The highest BCUT2D eigenvalue weighted by Crippen LogP contribution is 2.37. The fraction of sp³-hybridized carbons (Fsp3) is 0.167. The summed E-state index contributed by atoms with van der Waals surface area (Å²) in [6, 6.07) is 10.4. The van der Waals surface area contributed by atoms with Crippen molar-refractivity contribution in [3.8, 4) is 0 Å². The predicted molar refractivity (Wildman–Crippen MR) is 81.9 cm³/mol. The summed E-state index contributed by atoms with van der Waals surface area (Å²) < 4.78 is 8.20. The molecule has 2 nitrogen and oxygen atoms in total. The molecule has 0 aliphatic carbocycles. The Morgan fingerprint density at radius 3 is 2.48 bits per heavy atom. The average Bonchev–Trinajstić information content (AvgIpc) is 2.84. The highest BCUT2D eigenvalue weighted by atomic mass is 127. The van der Waals surface area contributed by atoms with Crippen molar-refractivity contribution in [1.82, 2.24) is 0 Å². The first-order valence-electron chi connectivity index (χ1n) is 6.86. The van der Waals surface area contributed by atoms with Crippen LogP contribution in [0.5, 0.6) is 0 Å². The van der Waals surface area contributed by atoms with Gasteiger partial charge in [0.2, 0.25) is 0 Å². The third-order valence-electron chi connectivity index (χ3n) is 4.22. The normalized spacial score (nSPS) is 11.2. The lowest BCUT2D eigenvalue weighted by molar-refractivity contribution is -0.670. The number of halogens is 1. The van der Waals surface area contributed by atoms with Crippen molar-refractivity contribution in [2.45, 2.75) is 13.8 Å². The van der Waals surface area contributed by atoms with Crippen LogP contribution >= 0.6 is 0 Å². The van der Waals surface area contributed by atoms with Gasteiger partial charge in [0.25, 0.3) is 0 Å². The SMILES string of the molecule is Cc1c2cc[n+](C)cc2c(C)c2c1oc1ccccc12.[I-]. The molecule has 0 radical (unpaired) electrons. The van der Waals surface area contributed by atoms with E-state index in [1.807, 2.05) is 12.1 Å². The van der Waals surface area contributed by atoms with Gasteiger partial charge in [-0.2, -0.15) is 0 Å². The number of fused-ring (bicyclic) bond motifs is 4. The molecule has 0 aliphatic heterocycles. The Labute approximate surface area is 140 Å². The van der Waals surface area contributed by atoms with Gasteiger partial charge in [0.1, 0.15) is 18.2 Å². The molecule has 0 N–H and O–H groups in total. The van der Waals surface area contributed by atoms with Crippen molar-refractivity contribution >= 4 is 32.7 Å². The van der Waals surface area contributed by atoms with Crippen LogP contribution in [0.4, 0.5) is 0 Å². The molecule has 0 aliphatic rings. The molecule has 2 aromatic carbocycles. The van der Waals surface area contributed by atoms with E-state index in [1.54, 1.807) is 0 Å². The van der Waals surface area contributed by atoms with E-state index >= 15 is 0 Å². The van der Waals surface area contributed by atoms with E-state index in [4.69, 9.17) is 4.42 Å². The van der Waals surface area contributed by atoms with Gasteiger partial charge in [-0.3, -0.25) is 0 Å². The molecule has 106 valence electrons. The Hall–Kier alpha value is -1.62. The van der Waals surface area contributed by atoms with Gasteiger partial charge >= 0.3 is 0 Å². The minimum absolute atomic E-state index is 0.